The molecule has 6 heteroatoms. The summed E-state index contributed by atoms with van der Waals surface area (Å²) in [6.07, 6.45) is 0. The molecule has 2 rings (SSSR count). The molecule has 1 saturated heterocycles. The number of morpholine rings is 1. The van der Waals surface area contributed by atoms with Crippen molar-refractivity contribution in [3.63, 3.8) is 0 Å². The first-order chi connectivity index (χ1) is 9.20. The smallest absolute Gasteiger partial charge is 0.138 e. The first kappa shape index (κ1) is 15.3. The minimum absolute atomic E-state index is 0.658. The van der Waals surface area contributed by atoms with Gasteiger partial charge in [-0.3, -0.25) is 5.43 Å². The van der Waals surface area contributed by atoms with Crippen molar-refractivity contribution < 1.29 is 9.47 Å². The van der Waals surface area contributed by atoms with Gasteiger partial charge in [-0.05, 0) is 35.0 Å². The summed E-state index contributed by atoms with van der Waals surface area (Å²) in [6, 6.07) is 4.09. The van der Waals surface area contributed by atoms with Crippen LogP contribution in [0.25, 0.3) is 0 Å². The summed E-state index contributed by atoms with van der Waals surface area (Å²) in [4.78, 5) is 0. The molecular formula is C13H18Br2N2O2. The molecule has 1 fully saturated rings. The van der Waals surface area contributed by atoms with E-state index in [1.807, 2.05) is 13.0 Å². The zero-order valence-electron chi connectivity index (χ0n) is 10.9. The third-order valence-corrected chi connectivity index (χ3v) is 3.93. The predicted octanol–water partition coefficient (Wildman–Crippen LogP) is 2.95. The third-order valence-electron chi connectivity index (χ3n) is 2.88. The molecule has 0 spiro atoms. The zero-order valence-corrected chi connectivity index (χ0v) is 14.1. The van der Waals surface area contributed by atoms with Gasteiger partial charge < -0.3 is 9.47 Å². The van der Waals surface area contributed by atoms with Crippen LogP contribution in [0, 0.1) is 0 Å². The molecule has 0 radical (unpaired) electrons. The monoisotopic (exact) mass is 392 g/mol. The maximum Gasteiger partial charge on any atom is 0.138 e. The molecule has 1 aromatic rings. The highest BCUT2D eigenvalue weighted by atomic mass is 79.9. The van der Waals surface area contributed by atoms with Crippen LogP contribution in [-0.2, 0) is 11.3 Å². The lowest BCUT2D eigenvalue weighted by molar-refractivity contribution is 0.0104. The average Bonchev–Trinajstić information content (AvgIpc) is 2.41. The van der Waals surface area contributed by atoms with Crippen LogP contribution in [0.3, 0.4) is 0 Å². The van der Waals surface area contributed by atoms with E-state index in [2.05, 4.69) is 48.4 Å². The molecule has 19 heavy (non-hydrogen) atoms. The maximum atomic E-state index is 5.71. The van der Waals surface area contributed by atoms with Gasteiger partial charge in [0, 0.05) is 29.7 Å². The Morgan fingerprint density at radius 2 is 2.05 bits per heavy atom. The van der Waals surface area contributed by atoms with E-state index in [0.717, 1.165) is 53.1 Å². The largest absolute Gasteiger partial charge is 0.492 e. The highest BCUT2D eigenvalue weighted by molar-refractivity contribution is 9.11. The molecule has 0 aromatic heterocycles. The normalized spacial score (nSPS) is 16.6. The summed E-state index contributed by atoms with van der Waals surface area (Å²) in [5, 5.41) is 2.19. The Bertz CT molecular complexity index is 423. The van der Waals surface area contributed by atoms with E-state index < -0.39 is 0 Å². The third kappa shape index (κ3) is 4.43. The van der Waals surface area contributed by atoms with Crippen LogP contribution < -0.4 is 10.2 Å². The Morgan fingerprint density at radius 1 is 1.32 bits per heavy atom. The van der Waals surface area contributed by atoms with Crippen molar-refractivity contribution in [1.29, 1.82) is 0 Å². The van der Waals surface area contributed by atoms with Crippen LogP contribution in [0.5, 0.6) is 5.75 Å². The van der Waals surface area contributed by atoms with E-state index in [1.165, 1.54) is 0 Å². The molecule has 0 atom stereocenters. The Kier molecular flexibility index (Phi) is 6.09. The minimum Gasteiger partial charge on any atom is -0.492 e. The number of benzene rings is 1. The summed E-state index contributed by atoms with van der Waals surface area (Å²) < 4.78 is 13.1. The zero-order chi connectivity index (χ0) is 13.7. The molecule has 1 aromatic carbocycles. The molecule has 1 heterocycles. The van der Waals surface area contributed by atoms with Crippen LogP contribution in [-0.4, -0.2) is 37.9 Å². The van der Waals surface area contributed by atoms with E-state index >= 15 is 0 Å². The lowest BCUT2D eigenvalue weighted by atomic mass is 10.2. The number of nitrogens with zero attached hydrogens (tertiary/aromatic N) is 1. The molecule has 1 aliphatic heterocycles. The average molecular weight is 394 g/mol. The van der Waals surface area contributed by atoms with Crippen molar-refractivity contribution in [1.82, 2.24) is 10.4 Å². The van der Waals surface area contributed by atoms with Crippen LogP contribution in [0.4, 0.5) is 0 Å². The van der Waals surface area contributed by atoms with E-state index in [-0.39, 0.29) is 0 Å². The van der Waals surface area contributed by atoms with E-state index in [1.54, 1.807) is 0 Å². The fourth-order valence-corrected chi connectivity index (χ4v) is 3.40. The first-order valence-corrected chi connectivity index (χ1v) is 7.96. The summed E-state index contributed by atoms with van der Waals surface area (Å²) in [6.45, 7) is 6.80. The van der Waals surface area contributed by atoms with Crippen molar-refractivity contribution in [3.8, 4) is 5.75 Å². The summed E-state index contributed by atoms with van der Waals surface area (Å²) in [7, 11) is 0. The van der Waals surface area contributed by atoms with Crippen LogP contribution in [0.2, 0.25) is 0 Å². The maximum absolute atomic E-state index is 5.71. The Balaban J connectivity index is 2.04. The van der Waals surface area contributed by atoms with Crippen molar-refractivity contribution in [2.75, 3.05) is 32.9 Å². The van der Waals surface area contributed by atoms with Gasteiger partial charge in [-0.25, -0.2) is 5.01 Å². The van der Waals surface area contributed by atoms with E-state index in [9.17, 15) is 0 Å². The molecule has 0 unspecified atom stereocenters. The second-order valence-corrected chi connectivity index (χ2v) is 6.01. The summed E-state index contributed by atoms with van der Waals surface area (Å²) in [5.74, 6) is 0.909. The van der Waals surface area contributed by atoms with Gasteiger partial charge in [-0.1, -0.05) is 15.9 Å². The van der Waals surface area contributed by atoms with Gasteiger partial charge >= 0.3 is 0 Å². The standard InChI is InChI=1S/C13H18Br2N2O2/c1-2-19-13-10(7-11(14)8-12(13)15)9-16-17-3-5-18-6-4-17/h7-8,16H,2-6,9H2,1H3. The number of ether oxygens (including phenoxy) is 2. The summed E-state index contributed by atoms with van der Waals surface area (Å²) >= 11 is 7.07. The lowest BCUT2D eigenvalue weighted by Crippen LogP contribution is -2.45. The molecule has 106 valence electrons. The second-order valence-electron chi connectivity index (χ2n) is 4.24. The van der Waals surface area contributed by atoms with Gasteiger partial charge in [0.2, 0.25) is 0 Å². The fraction of sp³-hybridized carbons (Fsp3) is 0.538. The SMILES string of the molecule is CCOc1c(Br)cc(Br)cc1CNN1CCOCC1. The molecule has 0 aliphatic carbocycles. The molecular weight excluding hydrogens is 376 g/mol. The molecule has 1 aliphatic rings. The van der Waals surface area contributed by atoms with Crippen LogP contribution in [0.15, 0.2) is 21.1 Å². The number of nitrogens with one attached hydrogen (secondary N) is 1. The predicted molar refractivity (Wildman–Crippen MR) is 82.2 cm³/mol. The Morgan fingerprint density at radius 3 is 2.74 bits per heavy atom. The van der Waals surface area contributed by atoms with E-state index in [0.29, 0.717) is 6.61 Å². The van der Waals surface area contributed by atoms with Crippen molar-refractivity contribution in [2.45, 2.75) is 13.5 Å². The van der Waals surface area contributed by atoms with Gasteiger partial charge in [0.05, 0.1) is 24.3 Å². The summed E-state index contributed by atoms with van der Waals surface area (Å²) in [5.41, 5.74) is 4.56. The van der Waals surface area contributed by atoms with Gasteiger partial charge in [-0.15, -0.1) is 0 Å². The molecule has 1 N–H and O–H groups in total. The molecule has 0 bridgehead atoms. The van der Waals surface area contributed by atoms with Gasteiger partial charge in [0.1, 0.15) is 5.75 Å². The van der Waals surface area contributed by atoms with Gasteiger partial charge in [0.15, 0.2) is 0 Å². The first-order valence-electron chi connectivity index (χ1n) is 6.37. The minimum atomic E-state index is 0.658. The van der Waals surface area contributed by atoms with Gasteiger partial charge in [-0.2, -0.15) is 0 Å². The quantitative estimate of drug-likeness (QED) is 0.833. The van der Waals surface area contributed by atoms with Crippen LogP contribution >= 0.6 is 31.9 Å². The number of halogens is 2. The molecule has 0 saturated carbocycles. The second kappa shape index (κ2) is 7.59. The topological polar surface area (TPSA) is 33.7 Å². The highest BCUT2D eigenvalue weighted by Gasteiger charge is 2.13. The fourth-order valence-electron chi connectivity index (χ4n) is 1.97. The Hall–Kier alpha value is -0.140. The van der Waals surface area contributed by atoms with Crippen molar-refractivity contribution in [2.24, 2.45) is 0 Å². The Labute approximate surface area is 130 Å². The van der Waals surface area contributed by atoms with Crippen LogP contribution in [0.1, 0.15) is 12.5 Å². The molecule has 4 nitrogen and oxygen atoms in total. The highest BCUT2D eigenvalue weighted by Crippen LogP contribution is 2.33. The molecule has 0 amide bonds. The van der Waals surface area contributed by atoms with Gasteiger partial charge in [0.25, 0.3) is 0 Å². The number of hydrogen-bond acceptors (Lipinski definition) is 4. The van der Waals surface area contributed by atoms with Crippen molar-refractivity contribution in [3.05, 3.63) is 26.6 Å². The number of hydrazine groups is 1. The number of hydrogen-bond donors (Lipinski definition) is 1. The van der Waals surface area contributed by atoms with Crippen molar-refractivity contribution >= 4 is 31.9 Å². The lowest BCUT2D eigenvalue weighted by Gasteiger charge is -2.27. The van der Waals surface area contributed by atoms with E-state index in [4.69, 9.17) is 9.47 Å². The number of rotatable bonds is 5.